The second kappa shape index (κ2) is 5.98. The number of halogens is 1. The molecule has 4 aromatic rings. The fourth-order valence-corrected chi connectivity index (χ4v) is 3.04. The van der Waals surface area contributed by atoms with E-state index < -0.39 is 0 Å². The van der Waals surface area contributed by atoms with E-state index in [1.54, 1.807) is 6.20 Å². The first-order chi connectivity index (χ1) is 11.7. The minimum Gasteiger partial charge on any atom is -0.361 e. The predicted molar refractivity (Wildman–Crippen MR) is 97.4 cm³/mol. The Hall–Kier alpha value is -2.85. The third-order valence-electron chi connectivity index (χ3n) is 3.99. The Morgan fingerprint density at radius 2 is 2.04 bits per heavy atom. The Balaban J connectivity index is 1.61. The molecule has 0 aliphatic heterocycles. The van der Waals surface area contributed by atoms with Gasteiger partial charge in [-0.05, 0) is 35.9 Å². The van der Waals surface area contributed by atoms with Gasteiger partial charge in [-0.1, -0.05) is 29.8 Å². The predicted octanol–water partition coefficient (Wildman–Crippen LogP) is 4.55. The van der Waals surface area contributed by atoms with Gasteiger partial charge in [-0.2, -0.15) is 0 Å². The number of rotatable bonds is 3. The number of aromatic nitrogens is 2. The lowest BCUT2D eigenvalue weighted by atomic mass is 10.1. The van der Waals surface area contributed by atoms with E-state index in [9.17, 15) is 4.79 Å². The molecule has 4 rings (SSSR count). The highest BCUT2D eigenvalue weighted by atomic mass is 35.5. The molecule has 0 saturated carbocycles. The first-order valence-electron chi connectivity index (χ1n) is 7.60. The standard InChI is InChI=1S/C19H14ClN3O/c20-14-6-7-16-15(10-14)13(11-22-16)9-18(24)23-17-5-1-3-12-4-2-8-21-19(12)17/h1-8,10-11,22H,9H2,(H,23,24). The molecule has 0 saturated heterocycles. The van der Waals surface area contributed by atoms with Crippen molar-refractivity contribution in [1.82, 2.24) is 9.97 Å². The highest BCUT2D eigenvalue weighted by Gasteiger charge is 2.11. The number of nitrogens with zero attached hydrogens (tertiary/aromatic N) is 1. The van der Waals surface area contributed by atoms with Crippen molar-refractivity contribution in [2.45, 2.75) is 6.42 Å². The van der Waals surface area contributed by atoms with Crippen molar-refractivity contribution in [1.29, 1.82) is 0 Å². The van der Waals surface area contributed by atoms with Crippen LogP contribution in [0.25, 0.3) is 21.8 Å². The second-order valence-electron chi connectivity index (χ2n) is 5.61. The number of anilines is 1. The molecule has 0 atom stereocenters. The van der Waals surface area contributed by atoms with Gasteiger partial charge in [0.1, 0.15) is 0 Å². The molecule has 2 aromatic carbocycles. The fraction of sp³-hybridized carbons (Fsp3) is 0.0526. The molecule has 4 nitrogen and oxygen atoms in total. The number of aromatic amines is 1. The average molecular weight is 336 g/mol. The van der Waals surface area contributed by atoms with Crippen LogP contribution >= 0.6 is 11.6 Å². The molecule has 2 N–H and O–H groups in total. The monoisotopic (exact) mass is 335 g/mol. The van der Waals surface area contributed by atoms with Gasteiger partial charge in [0.15, 0.2) is 0 Å². The minimum atomic E-state index is -0.0889. The molecule has 5 heteroatoms. The number of hydrogen-bond acceptors (Lipinski definition) is 2. The molecule has 0 aliphatic carbocycles. The number of benzene rings is 2. The number of hydrogen-bond donors (Lipinski definition) is 2. The molecule has 0 radical (unpaired) electrons. The Morgan fingerprint density at radius 1 is 1.17 bits per heavy atom. The number of carbonyl (C=O) groups is 1. The summed E-state index contributed by atoms with van der Waals surface area (Å²) in [4.78, 5) is 20.0. The van der Waals surface area contributed by atoms with Crippen LogP contribution in [0.15, 0.2) is 60.9 Å². The van der Waals surface area contributed by atoms with E-state index >= 15 is 0 Å². The zero-order valence-corrected chi connectivity index (χ0v) is 13.5. The van der Waals surface area contributed by atoms with Gasteiger partial charge in [0.05, 0.1) is 17.6 Å². The van der Waals surface area contributed by atoms with Crippen molar-refractivity contribution in [2.24, 2.45) is 0 Å². The number of fused-ring (bicyclic) bond motifs is 2. The van der Waals surface area contributed by atoms with Gasteiger partial charge in [0.2, 0.25) is 5.91 Å². The van der Waals surface area contributed by atoms with E-state index in [0.29, 0.717) is 5.02 Å². The summed E-state index contributed by atoms with van der Waals surface area (Å²) in [5.41, 5.74) is 3.39. The molecule has 0 unspecified atom stereocenters. The minimum absolute atomic E-state index is 0.0889. The number of H-pyrrole nitrogens is 1. The highest BCUT2D eigenvalue weighted by molar-refractivity contribution is 6.31. The van der Waals surface area contributed by atoms with E-state index in [1.807, 2.05) is 54.7 Å². The van der Waals surface area contributed by atoms with Gasteiger partial charge in [-0.3, -0.25) is 9.78 Å². The summed E-state index contributed by atoms with van der Waals surface area (Å²) in [6.07, 6.45) is 3.84. The van der Waals surface area contributed by atoms with Gasteiger partial charge in [-0.15, -0.1) is 0 Å². The number of amides is 1. The van der Waals surface area contributed by atoms with Crippen LogP contribution in [0.1, 0.15) is 5.56 Å². The molecule has 0 spiro atoms. The van der Waals surface area contributed by atoms with Crippen LogP contribution in [0.5, 0.6) is 0 Å². The van der Waals surface area contributed by atoms with Crippen LogP contribution in [0.4, 0.5) is 5.69 Å². The van der Waals surface area contributed by atoms with Crippen molar-refractivity contribution in [3.63, 3.8) is 0 Å². The van der Waals surface area contributed by atoms with Crippen molar-refractivity contribution in [2.75, 3.05) is 5.32 Å². The third kappa shape index (κ3) is 2.72. The summed E-state index contributed by atoms with van der Waals surface area (Å²) in [5, 5.41) is 5.57. The van der Waals surface area contributed by atoms with Gasteiger partial charge in [-0.25, -0.2) is 0 Å². The van der Waals surface area contributed by atoms with Crippen LogP contribution in [0.2, 0.25) is 5.02 Å². The molecular weight excluding hydrogens is 322 g/mol. The first kappa shape index (κ1) is 14.7. The summed E-state index contributed by atoms with van der Waals surface area (Å²) in [6.45, 7) is 0. The normalized spacial score (nSPS) is 11.0. The fourth-order valence-electron chi connectivity index (χ4n) is 2.87. The van der Waals surface area contributed by atoms with E-state index in [1.165, 1.54) is 0 Å². The molecular formula is C19H14ClN3O. The molecule has 2 aromatic heterocycles. The van der Waals surface area contributed by atoms with Crippen molar-refractivity contribution >= 4 is 45.0 Å². The maximum absolute atomic E-state index is 12.5. The highest BCUT2D eigenvalue weighted by Crippen LogP contribution is 2.24. The molecule has 0 aliphatic rings. The molecule has 118 valence electrons. The summed E-state index contributed by atoms with van der Waals surface area (Å²) < 4.78 is 0. The van der Waals surface area contributed by atoms with Gasteiger partial charge >= 0.3 is 0 Å². The Labute approximate surface area is 143 Å². The zero-order chi connectivity index (χ0) is 16.5. The summed E-state index contributed by atoms with van der Waals surface area (Å²) in [6, 6.07) is 15.2. The summed E-state index contributed by atoms with van der Waals surface area (Å²) >= 11 is 6.06. The lowest BCUT2D eigenvalue weighted by Gasteiger charge is -2.07. The van der Waals surface area contributed by atoms with Crippen molar-refractivity contribution < 1.29 is 4.79 Å². The molecule has 0 fully saturated rings. The van der Waals surface area contributed by atoms with E-state index in [2.05, 4.69) is 15.3 Å². The third-order valence-corrected chi connectivity index (χ3v) is 4.22. The van der Waals surface area contributed by atoms with Crippen molar-refractivity contribution in [3.05, 3.63) is 71.5 Å². The van der Waals surface area contributed by atoms with Gasteiger partial charge in [0, 0.05) is 33.7 Å². The lowest BCUT2D eigenvalue weighted by Crippen LogP contribution is -2.14. The summed E-state index contributed by atoms with van der Waals surface area (Å²) in [5.74, 6) is -0.0889. The van der Waals surface area contributed by atoms with Crippen LogP contribution in [0, 0.1) is 0 Å². The maximum atomic E-state index is 12.5. The van der Waals surface area contributed by atoms with E-state index in [0.717, 1.165) is 33.1 Å². The second-order valence-corrected chi connectivity index (χ2v) is 6.05. The molecule has 2 heterocycles. The zero-order valence-electron chi connectivity index (χ0n) is 12.7. The number of para-hydroxylation sites is 1. The molecule has 24 heavy (non-hydrogen) atoms. The topological polar surface area (TPSA) is 57.8 Å². The van der Waals surface area contributed by atoms with Crippen LogP contribution in [-0.2, 0) is 11.2 Å². The van der Waals surface area contributed by atoms with E-state index in [-0.39, 0.29) is 12.3 Å². The first-order valence-corrected chi connectivity index (χ1v) is 7.97. The Kier molecular flexibility index (Phi) is 3.67. The van der Waals surface area contributed by atoms with Crippen LogP contribution in [-0.4, -0.2) is 15.9 Å². The van der Waals surface area contributed by atoms with Gasteiger partial charge < -0.3 is 10.3 Å². The Morgan fingerprint density at radius 3 is 2.96 bits per heavy atom. The smallest absolute Gasteiger partial charge is 0.228 e. The van der Waals surface area contributed by atoms with Gasteiger partial charge in [0.25, 0.3) is 0 Å². The SMILES string of the molecule is O=C(Cc1c[nH]c2ccc(Cl)cc12)Nc1cccc2cccnc12. The number of pyridine rings is 1. The number of carbonyl (C=O) groups excluding carboxylic acids is 1. The lowest BCUT2D eigenvalue weighted by molar-refractivity contribution is -0.115. The molecule has 1 amide bonds. The van der Waals surface area contributed by atoms with Crippen molar-refractivity contribution in [3.8, 4) is 0 Å². The summed E-state index contributed by atoms with van der Waals surface area (Å²) in [7, 11) is 0. The average Bonchev–Trinajstić information content (AvgIpc) is 2.97. The van der Waals surface area contributed by atoms with Crippen LogP contribution in [0.3, 0.4) is 0 Å². The quantitative estimate of drug-likeness (QED) is 0.577. The Bertz CT molecular complexity index is 1050. The maximum Gasteiger partial charge on any atom is 0.228 e. The molecule has 0 bridgehead atoms. The van der Waals surface area contributed by atoms with Crippen LogP contribution < -0.4 is 5.32 Å². The largest absolute Gasteiger partial charge is 0.361 e. The van der Waals surface area contributed by atoms with E-state index in [4.69, 9.17) is 11.6 Å². The number of nitrogens with one attached hydrogen (secondary N) is 2.